The zero-order valence-electron chi connectivity index (χ0n) is 8.75. The molecule has 0 heterocycles. The van der Waals surface area contributed by atoms with Gasteiger partial charge in [0.2, 0.25) is 0 Å². The minimum absolute atomic E-state index is 0.556. The van der Waals surface area contributed by atoms with E-state index in [0.717, 1.165) is 12.1 Å². The number of carbonyl (C=O) groups is 1. The molecule has 1 aliphatic carbocycles. The van der Waals surface area contributed by atoms with Crippen LogP contribution >= 0.6 is 0 Å². The van der Waals surface area contributed by atoms with Crippen LogP contribution in [0.5, 0.6) is 0 Å². The fraction of sp³-hybridized carbons (Fsp3) is 0.800. The molecule has 14 heavy (non-hydrogen) atoms. The Morgan fingerprint density at radius 2 is 2.43 bits per heavy atom. The first-order valence-electron chi connectivity index (χ1n) is 5.36. The lowest BCUT2D eigenvalue weighted by molar-refractivity contribution is 0.249. The van der Waals surface area contributed by atoms with Gasteiger partial charge in [0, 0.05) is 5.71 Å². The Hall–Kier alpha value is -1.06. The summed E-state index contributed by atoms with van der Waals surface area (Å²) >= 11 is 0. The summed E-state index contributed by atoms with van der Waals surface area (Å²) in [5, 5.41) is 4.07. The molecule has 0 aromatic rings. The van der Waals surface area contributed by atoms with Gasteiger partial charge in [0.25, 0.3) is 0 Å². The predicted molar refractivity (Wildman–Crippen MR) is 57.0 cm³/mol. The summed E-state index contributed by atoms with van der Waals surface area (Å²) in [5.74, 6) is 0.556. The minimum atomic E-state index is -0.571. The van der Waals surface area contributed by atoms with Gasteiger partial charge < -0.3 is 5.73 Å². The molecule has 0 aliphatic heterocycles. The van der Waals surface area contributed by atoms with Crippen molar-refractivity contribution in [3.63, 3.8) is 0 Å². The highest BCUT2D eigenvalue weighted by Gasteiger charge is 2.19. The van der Waals surface area contributed by atoms with E-state index in [2.05, 4.69) is 17.5 Å². The van der Waals surface area contributed by atoms with Crippen LogP contribution in [0.2, 0.25) is 0 Å². The van der Waals surface area contributed by atoms with E-state index in [4.69, 9.17) is 5.73 Å². The van der Waals surface area contributed by atoms with Crippen LogP contribution in [-0.2, 0) is 0 Å². The summed E-state index contributed by atoms with van der Waals surface area (Å²) in [6, 6.07) is -0.571. The van der Waals surface area contributed by atoms with E-state index >= 15 is 0 Å². The summed E-state index contributed by atoms with van der Waals surface area (Å²) in [6.07, 6.45) is 7.00. The highest BCUT2D eigenvalue weighted by Crippen LogP contribution is 2.25. The largest absolute Gasteiger partial charge is 0.350 e. The van der Waals surface area contributed by atoms with Gasteiger partial charge in [0.1, 0.15) is 0 Å². The van der Waals surface area contributed by atoms with E-state index in [1.807, 2.05) is 0 Å². The quantitative estimate of drug-likeness (QED) is 0.667. The van der Waals surface area contributed by atoms with E-state index in [9.17, 15) is 4.79 Å². The summed E-state index contributed by atoms with van der Waals surface area (Å²) in [4.78, 5) is 10.5. The number of primary amides is 1. The maximum atomic E-state index is 10.5. The van der Waals surface area contributed by atoms with Gasteiger partial charge in [-0.3, -0.25) is 0 Å². The third-order valence-corrected chi connectivity index (χ3v) is 2.65. The number of urea groups is 1. The lowest BCUT2D eigenvalue weighted by atomic mass is 9.84. The van der Waals surface area contributed by atoms with Crippen molar-refractivity contribution in [1.29, 1.82) is 0 Å². The Balaban J connectivity index is 2.52. The molecule has 0 aromatic carbocycles. The summed E-state index contributed by atoms with van der Waals surface area (Å²) in [5.41, 5.74) is 8.42. The molecule has 0 unspecified atom stereocenters. The van der Waals surface area contributed by atoms with Gasteiger partial charge in [0.15, 0.2) is 0 Å². The molecule has 0 aromatic heterocycles. The van der Waals surface area contributed by atoms with Crippen LogP contribution in [0.3, 0.4) is 0 Å². The van der Waals surface area contributed by atoms with E-state index in [0.29, 0.717) is 5.92 Å². The Morgan fingerprint density at radius 3 is 3.07 bits per heavy atom. The molecular formula is C10H19N3O. The Labute approximate surface area is 84.9 Å². The van der Waals surface area contributed by atoms with Crippen molar-refractivity contribution >= 4 is 11.7 Å². The second kappa shape index (κ2) is 5.62. The van der Waals surface area contributed by atoms with E-state index in [1.54, 1.807) is 0 Å². The van der Waals surface area contributed by atoms with E-state index in [-0.39, 0.29) is 0 Å². The first kappa shape index (κ1) is 11.0. The number of hydrazone groups is 1. The molecule has 0 radical (unpaired) electrons. The summed E-state index contributed by atoms with van der Waals surface area (Å²) in [7, 11) is 0. The lowest BCUT2D eigenvalue weighted by Gasteiger charge is -2.23. The topological polar surface area (TPSA) is 67.5 Å². The number of nitrogens with one attached hydrogen (secondary N) is 1. The maximum Gasteiger partial charge on any atom is 0.332 e. The Morgan fingerprint density at radius 1 is 1.64 bits per heavy atom. The predicted octanol–water partition coefficient (Wildman–Crippen LogP) is 2.00. The van der Waals surface area contributed by atoms with Crippen LogP contribution < -0.4 is 11.2 Å². The van der Waals surface area contributed by atoms with Crippen molar-refractivity contribution in [2.75, 3.05) is 0 Å². The average molecular weight is 197 g/mol. The van der Waals surface area contributed by atoms with Crippen LogP contribution in [0, 0.1) is 5.92 Å². The number of hydrogen-bond donors (Lipinski definition) is 2. The van der Waals surface area contributed by atoms with Crippen molar-refractivity contribution in [1.82, 2.24) is 5.43 Å². The molecule has 3 N–H and O–H groups in total. The van der Waals surface area contributed by atoms with Gasteiger partial charge in [-0.25, -0.2) is 10.2 Å². The Kier molecular flexibility index (Phi) is 4.43. The fourth-order valence-corrected chi connectivity index (χ4v) is 2.00. The summed E-state index contributed by atoms with van der Waals surface area (Å²) < 4.78 is 0. The van der Waals surface area contributed by atoms with Crippen LogP contribution in [0.15, 0.2) is 5.10 Å². The standard InChI is InChI=1S/C10H19N3O/c1-2-5-8-6-3-4-7-9(8)12-13-10(11)14/h8H,2-7H2,1H3,(H3,11,13,14)/b12-9-/t8-/m0/s1. The van der Waals surface area contributed by atoms with Gasteiger partial charge in [-0.15, -0.1) is 0 Å². The first-order valence-corrected chi connectivity index (χ1v) is 5.36. The number of carbonyl (C=O) groups excluding carboxylic acids is 1. The van der Waals surface area contributed by atoms with Gasteiger partial charge in [-0.2, -0.15) is 5.10 Å². The molecule has 1 atom stereocenters. The normalized spacial score (nSPS) is 24.9. The van der Waals surface area contributed by atoms with E-state index < -0.39 is 6.03 Å². The highest BCUT2D eigenvalue weighted by atomic mass is 16.2. The van der Waals surface area contributed by atoms with Crippen molar-refractivity contribution < 1.29 is 4.79 Å². The lowest BCUT2D eigenvalue weighted by Crippen LogP contribution is -2.29. The number of rotatable bonds is 3. The minimum Gasteiger partial charge on any atom is -0.350 e. The van der Waals surface area contributed by atoms with E-state index in [1.165, 1.54) is 32.1 Å². The number of nitrogens with zero attached hydrogens (tertiary/aromatic N) is 1. The molecule has 80 valence electrons. The molecule has 2 amide bonds. The molecule has 0 spiro atoms. The fourth-order valence-electron chi connectivity index (χ4n) is 2.00. The zero-order chi connectivity index (χ0) is 10.4. The van der Waals surface area contributed by atoms with Crippen LogP contribution in [-0.4, -0.2) is 11.7 Å². The molecule has 1 aliphatic rings. The van der Waals surface area contributed by atoms with Crippen molar-refractivity contribution in [2.45, 2.75) is 45.4 Å². The third-order valence-electron chi connectivity index (χ3n) is 2.65. The molecular weight excluding hydrogens is 178 g/mol. The maximum absolute atomic E-state index is 10.5. The highest BCUT2D eigenvalue weighted by molar-refractivity contribution is 5.88. The monoisotopic (exact) mass is 197 g/mol. The second-order valence-electron chi connectivity index (χ2n) is 3.81. The average Bonchev–Trinajstić information content (AvgIpc) is 2.17. The number of hydrogen-bond acceptors (Lipinski definition) is 2. The number of nitrogens with two attached hydrogens (primary N) is 1. The molecule has 4 nitrogen and oxygen atoms in total. The molecule has 0 saturated heterocycles. The zero-order valence-corrected chi connectivity index (χ0v) is 8.75. The van der Waals surface area contributed by atoms with Crippen molar-refractivity contribution in [3.8, 4) is 0 Å². The second-order valence-corrected chi connectivity index (χ2v) is 3.81. The smallest absolute Gasteiger partial charge is 0.332 e. The summed E-state index contributed by atoms with van der Waals surface area (Å²) in [6.45, 7) is 2.17. The van der Waals surface area contributed by atoms with Crippen LogP contribution in [0.25, 0.3) is 0 Å². The van der Waals surface area contributed by atoms with Gasteiger partial charge >= 0.3 is 6.03 Å². The van der Waals surface area contributed by atoms with Gasteiger partial charge in [-0.05, 0) is 31.6 Å². The van der Waals surface area contributed by atoms with Gasteiger partial charge in [-0.1, -0.05) is 19.8 Å². The molecule has 4 heteroatoms. The third kappa shape index (κ3) is 3.36. The molecule has 1 fully saturated rings. The SMILES string of the molecule is CCC[C@H]1CCCC/C1=N/NC(N)=O. The molecule has 0 bridgehead atoms. The van der Waals surface area contributed by atoms with Gasteiger partial charge in [0.05, 0.1) is 0 Å². The van der Waals surface area contributed by atoms with Crippen LogP contribution in [0.4, 0.5) is 4.79 Å². The number of amides is 2. The van der Waals surface area contributed by atoms with Crippen molar-refractivity contribution in [2.24, 2.45) is 16.8 Å². The molecule has 1 saturated carbocycles. The first-order chi connectivity index (χ1) is 6.74. The van der Waals surface area contributed by atoms with Crippen LogP contribution in [0.1, 0.15) is 45.4 Å². The molecule has 1 rings (SSSR count). The Bertz CT molecular complexity index is 223. The van der Waals surface area contributed by atoms with Crippen molar-refractivity contribution in [3.05, 3.63) is 0 Å².